The summed E-state index contributed by atoms with van der Waals surface area (Å²) in [7, 11) is 0. The molecule has 18 heavy (non-hydrogen) atoms. The second-order valence-electron chi connectivity index (χ2n) is 3.36. The molecule has 0 saturated heterocycles. The van der Waals surface area contributed by atoms with E-state index in [-0.39, 0.29) is 16.5 Å². The molecule has 0 fully saturated rings. The van der Waals surface area contributed by atoms with Crippen molar-refractivity contribution in [3.8, 4) is 11.3 Å². The van der Waals surface area contributed by atoms with Crippen LogP contribution in [0.2, 0.25) is 0 Å². The zero-order valence-electron chi connectivity index (χ0n) is 9.00. The number of rotatable bonds is 3. The van der Waals surface area contributed by atoms with E-state index in [0.717, 1.165) is 11.3 Å². The first-order chi connectivity index (χ1) is 8.61. The van der Waals surface area contributed by atoms with E-state index in [1.54, 1.807) is 17.5 Å². The lowest BCUT2D eigenvalue weighted by molar-refractivity contribution is -0.112. The summed E-state index contributed by atoms with van der Waals surface area (Å²) in [5.74, 6) is -1.21. The lowest BCUT2D eigenvalue weighted by atomic mass is 10.2. The predicted octanol–water partition coefficient (Wildman–Crippen LogP) is 1.61. The second-order valence-corrected chi connectivity index (χ2v) is 4.22. The minimum absolute atomic E-state index is 0.212. The Bertz CT molecular complexity index is 607. The number of aromatic nitrogens is 1. The number of hydrogen-bond donors (Lipinski definition) is 2. The summed E-state index contributed by atoms with van der Waals surface area (Å²) in [6.07, 6.45) is 0. The third-order valence-electron chi connectivity index (χ3n) is 2.18. The maximum atomic E-state index is 12.8. The first-order valence-electron chi connectivity index (χ1n) is 4.85. The maximum Gasteiger partial charge on any atom is 0.273 e. The molecule has 0 saturated carbocycles. The predicted molar refractivity (Wildman–Crippen MR) is 65.0 cm³/mol. The molecule has 0 radical (unpaired) electrons. The van der Waals surface area contributed by atoms with Crippen molar-refractivity contribution in [2.24, 2.45) is 10.9 Å². The van der Waals surface area contributed by atoms with Crippen molar-refractivity contribution in [2.75, 3.05) is 0 Å². The van der Waals surface area contributed by atoms with Crippen LogP contribution in [0.1, 0.15) is 5.01 Å². The summed E-state index contributed by atoms with van der Waals surface area (Å²) in [6.45, 7) is 0. The highest BCUT2D eigenvalue weighted by Gasteiger charge is 2.16. The Labute approximate surface area is 105 Å². The van der Waals surface area contributed by atoms with Gasteiger partial charge < -0.3 is 10.9 Å². The van der Waals surface area contributed by atoms with Gasteiger partial charge in [-0.3, -0.25) is 4.79 Å². The van der Waals surface area contributed by atoms with Crippen molar-refractivity contribution in [1.82, 2.24) is 4.98 Å². The number of carbonyl (C=O) groups is 1. The van der Waals surface area contributed by atoms with E-state index in [2.05, 4.69) is 10.1 Å². The fraction of sp³-hybridized carbons (Fsp3) is 0. The molecule has 92 valence electrons. The standard InChI is InChI=1S/C11H8FN3O2S/c12-7-3-1-6(2-4-7)8-5-18-11(14-8)9(15-17)10(13)16/h1-5,17H,(H2,13,16)/b15-9+. The van der Waals surface area contributed by atoms with Crippen LogP contribution >= 0.6 is 11.3 Å². The molecule has 3 N–H and O–H groups in total. The van der Waals surface area contributed by atoms with E-state index >= 15 is 0 Å². The molecular weight excluding hydrogens is 257 g/mol. The van der Waals surface area contributed by atoms with Gasteiger partial charge in [-0.25, -0.2) is 9.37 Å². The van der Waals surface area contributed by atoms with Crippen LogP contribution in [0.25, 0.3) is 11.3 Å². The van der Waals surface area contributed by atoms with Gasteiger partial charge in [0, 0.05) is 10.9 Å². The largest absolute Gasteiger partial charge is 0.410 e. The molecule has 1 amide bonds. The van der Waals surface area contributed by atoms with Gasteiger partial charge in [-0.15, -0.1) is 11.3 Å². The van der Waals surface area contributed by atoms with E-state index in [4.69, 9.17) is 10.9 Å². The van der Waals surface area contributed by atoms with Gasteiger partial charge in [-0.05, 0) is 24.3 Å². The van der Waals surface area contributed by atoms with Crippen molar-refractivity contribution >= 4 is 23.0 Å². The molecule has 1 heterocycles. The summed E-state index contributed by atoms with van der Waals surface area (Å²) in [5.41, 5.74) is 5.98. The number of hydrogen-bond acceptors (Lipinski definition) is 5. The van der Waals surface area contributed by atoms with Crippen molar-refractivity contribution < 1.29 is 14.4 Å². The molecule has 0 spiro atoms. The SMILES string of the molecule is NC(=O)/C(=N\O)c1nc(-c2ccc(F)cc2)cs1. The van der Waals surface area contributed by atoms with Crippen LogP contribution in [0.3, 0.4) is 0 Å². The number of amides is 1. The number of thiazole rings is 1. The maximum absolute atomic E-state index is 12.8. The van der Waals surface area contributed by atoms with E-state index in [0.29, 0.717) is 11.3 Å². The van der Waals surface area contributed by atoms with Gasteiger partial charge in [0.05, 0.1) is 5.69 Å². The average Bonchev–Trinajstić information content (AvgIpc) is 2.80. The first kappa shape index (κ1) is 12.2. The van der Waals surface area contributed by atoms with Crippen molar-refractivity contribution in [3.63, 3.8) is 0 Å². The van der Waals surface area contributed by atoms with Crippen LogP contribution in [-0.2, 0) is 4.79 Å². The van der Waals surface area contributed by atoms with Crippen molar-refractivity contribution in [2.45, 2.75) is 0 Å². The van der Waals surface area contributed by atoms with E-state index in [1.807, 2.05) is 0 Å². The number of benzene rings is 1. The molecule has 1 aromatic heterocycles. The fourth-order valence-electron chi connectivity index (χ4n) is 1.33. The van der Waals surface area contributed by atoms with Crippen molar-refractivity contribution in [1.29, 1.82) is 0 Å². The summed E-state index contributed by atoms with van der Waals surface area (Å²) in [4.78, 5) is 15.1. The molecule has 0 aliphatic carbocycles. The van der Waals surface area contributed by atoms with E-state index < -0.39 is 5.91 Å². The van der Waals surface area contributed by atoms with Crippen LogP contribution in [-0.4, -0.2) is 21.8 Å². The van der Waals surface area contributed by atoms with E-state index in [1.165, 1.54) is 12.1 Å². The Kier molecular flexibility index (Phi) is 3.33. The molecule has 0 aliphatic rings. The molecule has 0 bridgehead atoms. The highest BCUT2D eigenvalue weighted by atomic mass is 32.1. The lowest BCUT2D eigenvalue weighted by Gasteiger charge is -1.96. The zero-order chi connectivity index (χ0) is 13.1. The fourth-order valence-corrected chi connectivity index (χ4v) is 2.15. The average molecular weight is 265 g/mol. The Hall–Kier alpha value is -2.28. The molecule has 2 rings (SSSR count). The summed E-state index contributed by atoms with van der Waals surface area (Å²) in [6, 6.07) is 5.75. The number of carbonyl (C=O) groups excluding carboxylic acids is 1. The smallest absolute Gasteiger partial charge is 0.273 e. The molecule has 1 aromatic carbocycles. The first-order valence-corrected chi connectivity index (χ1v) is 5.73. The molecular formula is C11H8FN3O2S. The molecule has 2 aromatic rings. The number of primary amides is 1. The van der Waals surface area contributed by atoms with Crippen molar-refractivity contribution in [3.05, 3.63) is 40.5 Å². The van der Waals surface area contributed by atoms with Gasteiger partial charge in [0.15, 0.2) is 5.01 Å². The van der Waals surface area contributed by atoms with Gasteiger partial charge in [0.25, 0.3) is 5.91 Å². The monoisotopic (exact) mass is 265 g/mol. The third-order valence-corrected chi connectivity index (χ3v) is 3.03. The van der Waals surface area contributed by atoms with Gasteiger partial charge in [-0.1, -0.05) is 5.16 Å². The Morgan fingerprint density at radius 3 is 2.61 bits per heavy atom. The number of nitrogens with zero attached hydrogens (tertiary/aromatic N) is 2. The van der Waals surface area contributed by atoms with Crippen LogP contribution in [0.4, 0.5) is 4.39 Å². The highest BCUT2D eigenvalue weighted by molar-refractivity contribution is 7.13. The topological polar surface area (TPSA) is 88.6 Å². The molecule has 0 aliphatic heterocycles. The zero-order valence-corrected chi connectivity index (χ0v) is 9.82. The second kappa shape index (κ2) is 4.92. The van der Waals surface area contributed by atoms with E-state index in [9.17, 15) is 9.18 Å². The highest BCUT2D eigenvalue weighted by Crippen LogP contribution is 2.22. The lowest BCUT2D eigenvalue weighted by Crippen LogP contribution is -2.24. The summed E-state index contributed by atoms with van der Waals surface area (Å²) >= 11 is 1.11. The van der Waals surface area contributed by atoms with Gasteiger partial charge in [-0.2, -0.15) is 0 Å². The molecule has 7 heteroatoms. The van der Waals surface area contributed by atoms with Crippen LogP contribution in [0.15, 0.2) is 34.8 Å². The van der Waals surface area contributed by atoms with Gasteiger partial charge >= 0.3 is 0 Å². The summed E-state index contributed by atoms with van der Waals surface area (Å²) in [5, 5.41) is 13.4. The molecule has 0 atom stereocenters. The number of halogens is 1. The van der Waals surface area contributed by atoms with Gasteiger partial charge in [0.2, 0.25) is 5.71 Å². The van der Waals surface area contributed by atoms with Crippen LogP contribution in [0.5, 0.6) is 0 Å². The third kappa shape index (κ3) is 2.35. The molecule has 0 unspecified atom stereocenters. The molecule has 5 nitrogen and oxygen atoms in total. The minimum atomic E-state index is -0.863. The normalized spacial score (nSPS) is 11.5. The van der Waals surface area contributed by atoms with Gasteiger partial charge in [0.1, 0.15) is 5.82 Å². The Morgan fingerprint density at radius 1 is 1.39 bits per heavy atom. The Balaban J connectivity index is 2.36. The van der Waals surface area contributed by atoms with Crippen LogP contribution in [0, 0.1) is 5.82 Å². The number of nitrogens with two attached hydrogens (primary N) is 1. The quantitative estimate of drug-likeness (QED) is 0.502. The number of oxime groups is 1. The minimum Gasteiger partial charge on any atom is -0.410 e. The Morgan fingerprint density at radius 2 is 2.06 bits per heavy atom. The summed E-state index contributed by atoms with van der Waals surface area (Å²) < 4.78 is 12.8. The van der Waals surface area contributed by atoms with Crippen LogP contribution < -0.4 is 5.73 Å².